The molecule has 0 bridgehead atoms. The smallest absolute Gasteiger partial charge is 0.157 e. The van der Waals surface area contributed by atoms with Gasteiger partial charge in [-0.05, 0) is 77.0 Å². The Kier molecular flexibility index (Phi) is 28.8. The summed E-state index contributed by atoms with van der Waals surface area (Å²) in [7, 11) is 0. The number of allylic oxidation sites excluding steroid dienone is 6. The van der Waals surface area contributed by atoms with Crippen molar-refractivity contribution < 1.29 is 9.47 Å². The molecule has 0 N–H and O–H groups in total. The van der Waals surface area contributed by atoms with Crippen LogP contribution in [0, 0.1) is 0 Å². The average Bonchev–Trinajstić information content (AvgIpc) is 3.79. The fourth-order valence-corrected chi connectivity index (χ4v) is 5.00. The number of hydrogen-bond donors (Lipinski definition) is 0. The third-order valence-corrected chi connectivity index (χ3v) is 7.79. The van der Waals surface area contributed by atoms with Crippen molar-refractivity contribution in [3.05, 3.63) is 36.5 Å². The molecule has 0 aromatic carbocycles. The van der Waals surface area contributed by atoms with E-state index in [9.17, 15) is 0 Å². The molecule has 1 atom stereocenters. The largest absolute Gasteiger partial charge is 0.353 e. The monoisotopic (exact) mass is 560 g/mol. The lowest BCUT2D eigenvalue weighted by Gasteiger charge is -2.19. The SMILES string of the molecule is CCCC=CCCCCCCCOC(CCCCCCCCCC=CCC=CCCCCC)OCCCN1CC1. The van der Waals surface area contributed by atoms with Gasteiger partial charge in [0.1, 0.15) is 0 Å². The maximum atomic E-state index is 6.21. The second-order valence-electron chi connectivity index (χ2n) is 11.9. The zero-order chi connectivity index (χ0) is 28.6. The van der Waals surface area contributed by atoms with Gasteiger partial charge in [-0.3, -0.25) is 0 Å². The van der Waals surface area contributed by atoms with Gasteiger partial charge in [-0.15, -0.1) is 0 Å². The van der Waals surface area contributed by atoms with Crippen molar-refractivity contribution in [1.82, 2.24) is 4.90 Å². The topological polar surface area (TPSA) is 21.5 Å². The number of nitrogens with zero attached hydrogens (tertiary/aromatic N) is 1. The molecule has 0 amide bonds. The van der Waals surface area contributed by atoms with E-state index in [2.05, 4.69) is 55.2 Å². The summed E-state index contributed by atoms with van der Waals surface area (Å²) < 4.78 is 12.4. The van der Waals surface area contributed by atoms with Crippen molar-refractivity contribution in [2.45, 2.75) is 168 Å². The Morgan fingerprint density at radius 1 is 0.500 bits per heavy atom. The molecule has 1 aliphatic heterocycles. The van der Waals surface area contributed by atoms with Crippen LogP contribution in [0.3, 0.4) is 0 Å². The summed E-state index contributed by atoms with van der Waals surface area (Å²) in [5.41, 5.74) is 0. The van der Waals surface area contributed by atoms with E-state index >= 15 is 0 Å². The lowest BCUT2D eigenvalue weighted by atomic mass is 10.1. The predicted molar refractivity (Wildman–Crippen MR) is 177 cm³/mol. The lowest BCUT2D eigenvalue weighted by Crippen LogP contribution is -2.20. The van der Waals surface area contributed by atoms with Crippen LogP contribution in [0.4, 0.5) is 0 Å². The van der Waals surface area contributed by atoms with Crippen LogP contribution in [0.1, 0.15) is 162 Å². The number of ether oxygens (including phenoxy) is 2. The highest BCUT2D eigenvalue weighted by molar-refractivity contribution is 4.92. The summed E-state index contributed by atoms with van der Waals surface area (Å²) in [6.45, 7) is 9.96. The molecule has 1 saturated heterocycles. The Hall–Kier alpha value is -0.900. The summed E-state index contributed by atoms with van der Waals surface area (Å²) in [5.74, 6) is 0. The van der Waals surface area contributed by atoms with E-state index < -0.39 is 0 Å². The number of unbranched alkanes of at least 4 members (excludes halogenated alkanes) is 16. The summed E-state index contributed by atoms with van der Waals surface area (Å²) >= 11 is 0. The zero-order valence-electron chi connectivity index (χ0n) is 27.1. The van der Waals surface area contributed by atoms with Crippen LogP contribution in [0.25, 0.3) is 0 Å². The van der Waals surface area contributed by atoms with Gasteiger partial charge in [0, 0.05) is 26.2 Å². The highest BCUT2D eigenvalue weighted by Gasteiger charge is 2.16. The van der Waals surface area contributed by atoms with Crippen LogP contribution in [0.2, 0.25) is 0 Å². The van der Waals surface area contributed by atoms with Crippen molar-refractivity contribution >= 4 is 0 Å². The molecule has 3 heteroatoms. The fourth-order valence-electron chi connectivity index (χ4n) is 5.00. The predicted octanol–water partition coefficient (Wildman–Crippen LogP) is 11.3. The van der Waals surface area contributed by atoms with E-state index in [1.54, 1.807) is 0 Å². The summed E-state index contributed by atoms with van der Waals surface area (Å²) in [6.07, 6.45) is 43.5. The maximum absolute atomic E-state index is 6.21. The van der Waals surface area contributed by atoms with Gasteiger partial charge in [-0.1, -0.05) is 121 Å². The van der Waals surface area contributed by atoms with E-state index in [1.165, 1.54) is 148 Å². The van der Waals surface area contributed by atoms with Gasteiger partial charge in [0.05, 0.1) is 6.61 Å². The molecule has 0 saturated carbocycles. The molecule has 0 aromatic rings. The molecule has 1 aliphatic rings. The fraction of sp³-hybridized carbons (Fsp3) is 0.838. The van der Waals surface area contributed by atoms with Gasteiger partial charge in [0.15, 0.2) is 6.29 Å². The van der Waals surface area contributed by atoms with E-state index in [-0.39, 0.29) is 6.29 Å². The second-order valence-corrected chi connectivity index (χ2v) is 11.9. The molecular weight excluding hydrogens is 490 g/mol. The third kappa shape index (κ3) is 28.6. The molecule has 1 rings (SSSR count). The van der Waals surface area contributed by atoms with Gasteiger partial charge in [0.25, 0.3) is 0 Å². The highest BCUT2D eigenvalue weighted by atomic mass is 16.7. The average molecular weight is 560 g/mol. The Morgan fingerprint density at radius 2 is 1.00 bits per heavy atom. The van der Waals surface area contributed by atoms with Crippen LogP contribution >= 0.6 is 0 Å². The first-order valence-electron chi connectivity index (χ1n) is 17.8. The van der Waals surface area contributed by atoms with E-state index in [4.69, 9.17) is 9.47 Å². The first-order valence-corrected chi connectivity index (χ1v) is 17.8. The van der Waals surface area contributed by atoms with Crippen LogP contribution in [-0.4, -0.2) is 44.0 Å². The van der Waals surface area contributed by atoms with Gasteiger partial charge in [-0.25, -0.2) is 0 Å². The first kappa shape index (κ1) is 37.1. The Bertz CT molecular complexity index is 581. The normalized spacial score (nSPS) is 14.8. The summed E-state index contributed by atoms with van der Waals surface area (Å²) in [4.78, 5) is 2.48. The van der Waals surface area contributed by atoms with Gasteiger partial charge in [0.2, 0.25) is 0 Å². The lowest BCUT2D eigenvalue weighted by molar-refractivity contribution is -0.148. The summed E-state index contributed by atoms with van der Waals surface area (Å²) in [5, 5.41) is 0. The maximum Gasteiger partial charge on any atom is 0.157 e. The molecule has 0 aliphatic carbocycles. The van der Waals surface area contributed by atoms with Gasteiger partial charge < -0.3 is 14.4 Å². The minimum absolute atomic E-state index is 0.0101. The molecular formula is C37H69NO2. The van der Waals surface area contributed by atoms with E-state index in [1.807, 2.05) is 0 Å². The molecule has 40 heavy (non-hydrogen) atoms. The summed E-state index contributed by atoms with van der Waals surface area (Å²) in [6, 6.07) is 0. The number of rotatable bonds is 32. The molecule has 1 fully saturated rings. The van der Waals surface area contributed by atoms with Crippen LogP contribution in [0.15, 0.2) is 36.5 Å². The Labute approximate surface area is 251 Å². The van der Waals surface area contributed by atoms with E-state index in [0.29, 0.717) is 0 Å². The van der Waals surface area contributed by atoms with Crippen molar-refractivity contribution in [2.75, 3.05) is 32.8 Å². The van der Waals surface area contributed by atoms with Crippen molar-refractivity contribution in [3.8, 4) is 0 Å². The van der Waals surface area contributed by atoms with Crippen LogP contribution in [-0.2, 0) is 9.47 Å². The van der Waals surface area contributed by atoms with Gasteiger partial charge in [-0.2, -0.15) is 0 Å². The zero-order valence-corrected chi connectivity index (χ0v) is 27.1. The highest BCUT2D eigenvalue weighted by Crippen LogP contribution is 2.15. The van der Waals surface area contributed by atoms with Crippen LogP contribution in [0.5, 0.6) is 0 Å². The van der Waals surface area contributed by atoms with Crippen molar-refractivity contribution in [1.29, 1.82) is 0 Å². The van der Waals surface area contributed by atoms with Crippen molar-refractivity contribution in [3.63, 3.8) is 0 Å². The Morgan fingerprint density at radius 3 is 1.60 bits per heavy atom. The molecule has 0 spiro atoms. The molecule has 1 heterocycles. The van der Waals surface area contributed by atoms with Crippen LogP contribution < -0.4 is 0 Å². The Balaban J connectivity index is 1.98. The molecule has 3 nitrogen and oxygen atoms in total. The molecule has 0 radical (unpaired) electrons. The minimum Gasteiger partial charge on any atom is -0.353 e. The standard InChI is InChI=1S/C37H69NO2/c1-3-5-7-9-11-13-15-16-17-18-19-20-21-22-24-26-28-31-37(40-36-30-32-38-33-34-38)39-35-29-27-25-23-14-12-10-8-6-4-2/h8,10-11,13,16-17,37H,3-7,9,12,14-15,18-36H2,1-2H3. The number of hydrogen-bond acceptors (Lipinski definition) is 3. The second kappa shape index (κ2) is 31.0. The van der Waals surface area contributed by atoms with Gasteiger partial charge >= 0.3 is 0 Å². The van der Waals surface area contributed by atoms with Crippen molar-refractivity contribution in [2.24, 2.45) is 0 Å². The van der Waals surface area contributed by atoms with E-state index in [0.717, 1.165) is 32.5 Å². The first-order chi connectivity index (χ1) is 19.9. The third-order valence-electron chi connectivity index (χ3n) is 7.79. The minimum atomic E-state index is 0.0101. The quantitative estimate of drug-likeness (QED) is 0.0354. The molecule has 234 valence electrons. The molecule has 1 unspecified atom stereocenters. The molecule has 0 aromatic heterocycles.